The molecule has 0 fully saturated rings. The summed E-state index contributed by atoms with van der Waals surface area (Å²) < 4.78 is 15.6. The maximum atomic E-state index is 13.4. The average Bonchev–Trinajstić information content (AvgIpc) is 2.94. The highest BCUT2D eigenvalue weighted by atomic mass is 35.5. The van der Waals surface area contributed by atoms with Gasteiger partial charge in [0.2, 0.25) is 5.91 Å². The highest BCUT2D eigenvalue weighted by molar-refractivity contribution is 6.31. The molecule has 0 aliphatic carbocycles. The Balaban J connectivity index is 1.69. The van der Waals surface area contributed by atoms with E-state index in [4.69, 9.17) is 11.6 Å². The Hall–Kier alpha value is -3.26. The van der Waals surface area contributed by atoms with E-state index in [9.17, 15) is 14.0 Å². The minimum atomic E-state index is -0.509. The topological polar surface area (TPSA) is 81.3 Å². The zero-order valence-electron chi connectivity index (χ0n) is 14.1. The van der Waals surface area contributed by atoms with Crippen LogP contribution < -0.4 is 11.0 Å². The number of hydrogen-bond acceptors (Lipinski definition) is 4. The zero-order chi connectivity index (χ0) is 19.1. The number of halogens is 2. The summed E-state index contributed by atoms with van der Waals surface area (Å²) in [7, 11) is 0. The van der Waals surface area contributed by atoms with Crippen LogP contribution in [0.1, 0.15) is 5.56 Å². The highest BCUT2D eigenvalue weighted by Gasteiger charge is 2.14. The van der Waals surface area contributed by atoms with Gasteiger partial charge in [0.1, 0.15) is 18.7 Å². The number of fused-ring (bicyclic) bond motifs is 3. The Kier molecular flexibility index (Phi) is 4.12. The monoisotopic (exact) mass is 385 g/mol. The van der Waals surface area contributed by atoms with E-state index in [1.165, 1.54) is 22.9 Å². The summed E-state index contributed by atoms with van der Waals surface area (Å²) >= 11 is 6.02. The number of rotatable bonds is 3. The van der Waals surface area contributed by atoms with Crippen molar-refractivity contribution in [3.8, 4) is 0 Å². The van der Waals surface area contributed by atoms with E-state index < -0.39 is 17.4 Å². The van der Waals surface area contributed by atoms with Crippen LogP contribution >= 0.6 is 11.6 Å². The summed E-state index contributed by atoms with van der Waals surface area (Å²) in [5.74, 6) is -0.959. The van der Waals surface area contributed by atoms with Gasteiger partial charge < -0.3 is 5.32 Å². The first-order chi connectivity index (χ1) is 12.9. The Bertz CT molecular complexity index is 1260. The molecule has 7 nitrogen and oxygen atoms in total. The molecule has 1 N–H and O–H groups in total. The van der Waals surface area contributed by atoms with Crippen LogP contribution in [-0.4, -0.2) is 25.1 Å². The predicted octanol–water partition coefficient (Wildman–Crippen LogP) is 2.78. The summed E-state index contributed by atoms with van der Waals surface area (Å²) in [5, 5.41) is 7.91. The van der Waals surface area contributed by atoms with E-state index in [-0.39, 0.29) is 6.54 Å². The summed E-state index contributed by atoms with van der Waals surface area (Å²) in [6.45, 7) is 1.42. The number of carbonyl (C=O) groups excluding carboxylic acids is 1. The molecule has 0 bridgehead atoms. The Morgan fingerprint density at radius 2 is 2.07 bits per heavy atom. The minimum absolute atomic E-state index is 0.321. The number of hydrogen-bond donors (Lipinski definition) is 1. The SMILES string of the molecule is Cc1ccc(F)cc1NC(=O)Cn1nc2c3cc(Cl)ccc3ncn2c1=O. The summed E-state index contributed by atoms with van der Waals surface area (Å²) in [5.41, 5.74) is 1.52. The van der Waals surface area contributed by atoms with Gasteiger partial charge in [0.25, 0.3) is 0 Å². The number of amides is 1. The van der Waals surface area contributed by atoms with Crippen LogP contribution in [0.4, 0.5) is 10.1 Å². The normalized spacial score (nSPS) is 11.2. The maximum Gasteiger partial charge on any atom is 0.352 e. The van der Waals surface area contributed by atoms with Crippen LogP contribution in [0, 0.1) is 12.7 Å². The molecular formula is C18H13ClFN5O2. The molecule has 0 aliphatic rings. The predicted molar refractivity (Wildman–Crippen MR) is 99.5 cm³/mol. The van der Waals surface area contributed by atoms with Crippen LogP contribution in [0.15, 0.2) is 47.5 Å². The van der Waals surface area contributed by atoms with Crippen LogP contribution in [-0.2, 0) is 11.3 Å². The van der Waals surface area contributed by atoms with E-state index in [0.29, 0.717) is 32.8 Å². The van der Waals surface area contributed by atoms with Crippen LogP contribution in [0.25, 0.3) is 16.6 Å². The lowest BCUT2D eigenvalue weighted by atomic mass is 10.2. The van der Waals surface area contributed by atoms with Gasteiger partial charge in [-0.3, -0.25) is 4.79 Å². The molecule has 0 radical (unpaired) electrons. The highest BCUT2D eigenvalue weighted by Crippen LogP contribution is 2.20. The molecule has 0 atom stereocenters. The fourth-order valence-corrected chi connectivity index (χ4v) is 2.96. The molecule has 2 heterocycles. The lowest BCUT2D eigenvalue weighted by Gasteiger charge is -2.07. The molecular weight excluding hydrogens is 373 g/mol. The second-order valence-electron chi connectivity index (χ2n) is 6.05. The standard InChI is InChI=1S/C18H13ClFN5O2/c1-10-2-4-12(20)7-15(10)22-16(26)8-25-18(27)24-9-21-14-5-3-11(19)6-13(14)17(24)23-25/h2-7,9H,8H2,1H3,(H,22,26). The quantitative estimate of drug-likeness (QED) is 0.588. The third-order valence-electron chi connectivity index (χ3n) is 4.15. The number of nitrogens with zero attached hydrogens (tertiary/aromatic N) is 4. The average molecular weight is 386 g/mol. The first-order valence-corrected chi connectivity index (χ1v) is 8.39. The van der Waals surface area contributed by atoms with Crippen LogP contribution in [0.5, 0.6) is 0 Å². The molecule has 0 saturated carbocycles. The largest absolute Gasteiger partial charge is 0.352 e. The molecule has 136 valence electrons. The lowest BCUT2D eigenvalue weighted by Crippen LogP contribution is -2.28. The molecule has 0 unspecified atom stereocenters. The first kappa shape index (κ1) is 17.2. The number of aromatic nitrogens is 4. The van der Waals surface area contributed by atoms with Gasteiger partial charge in [-0.05, 0) is 42.8 Å². The van der Waals surface area contributed by atoms with Gasteiger partial charge in [-0.25, -0.2) is 23.3 Å². The number of benzene rings is 2. The molecule has 4 rings (SSSR count). The first-order valence-electron chi connectivity index (χ1n) is 8.02. The molecule has 0 aliphatic heterocycles. The van der Waals surface area contributed by atoms with E-state index in [0.717, 1.165) is 4.68 Å². The molecule has 9 heteroatoms. The fourth-order valence-electron chi connectivity index (χ4n) is 2.79. The third kappa shape index (κ3) is 3.15. The summed E-state index contributed by atoms with van der Waals surface area (Å²) in [6, 6.07) is 9.16. The molecule has 27 heavy (non-hydrogen) atoms. The number of anilines is 1. The van der Waals surface area contributed by atoms with Crippen molar-refractivity contribution in [1.82, 2.24) is 19.2 Å². The molecule has 0 spiro atoms. The van der Waals surface area contributed by atoms with Crippen LogP contribution in [0.3, 0.4) is 0 Å². The summed E-state index contributed by atoms with van der Waals surface area (Å²) in [4.78, 5) is 29.0. The van der Waals surface area contributed by atoms with E-state index in [2.05, 4.69) is 15.4 Å². The van der Waals surface area contributed by atoms with Crippen molar-refractivity contribution in [2.24, 2.45) is 0 Å². The zero-order valence-corrected chi connectivity index (χ0v) is 14.9. The van der Waals surface area contributed by atoms with Gasteiger partial charge in [0.05, 0.1) is 5.52 Å². The van der Waals surface area contributed by atoms with E-state index in [1.807, 2.05) is 0 Å². The van der Waals surface area contributed by atoms with Crippen molar-refractivity contribution in [1.29, 1.82) is 0 Å². The van der Waals surface area contributed by atoms with Crippen molar-refractivity contribution in [3.05, 3.63) is 69.6 Å². The number of nitrogens with one attached hydrogen (secondary N) is 1. The van der Waals surface area contributed by atoms with Gasteiger partial charge >= 0.3 is 5.69 Å². The number of carbonyl (C=O) groups is 1. The van der Waals surface area contributed by atoms with Crippen molar-refractivity contribution in [2.75, 3.05) is 5.32 Å². The van der Waals surface area contributed by atoms with Crippen molar-refractivity contribution in [3.63, 3.8) is 0 Å². The van der Waals surface area contributed by atoms with Gasteiger partial charge in [0, 0.05) is 16.1 Å². The smallest absolute Gasteiger partial charge is 0.324 e. The van der Waals surface area contributed by atoms with Crippen LogP contribution in [0.2, 0.25) is 5.02 Å². The third-order valence-corrected chi connectivity index (χ3v) is 4.38. The lowest BCUT2D eigenvalue weighted by molar-refractivity contribution is -0.117. The summed E-state index contributed by atoms with van der Waals surface area (Å²) in [6.07, 6.45) is 1.35. The van der Waals surface area contributed by atoms with Gasteiger partial charge in [-0.1, -0.05) is 17.7 Å². The van der Waals surface area contributed by atoms with Gasteiger partial charge in [-0.15, -0.1) is 5.10 Å². The molecule has 4 aromatic rings. The molecule has 2 aromatic heterocycles. The van der Waals surface area contributed by atoms with Crippen molar-refractivity contribution >= 4 is 39.7 Å². The van der Waals surface area contributed by atoms with Crippen molar-refractivity contribution in [2.45, 2.75) is 13.5 Å². The van der Waals surface area contributed by atoms with E-state index >= 15 is 0 Å². The maximum absolute atomic E-state index is 13.4. The van der Waals surface area contributed by atoms with Gasteiger partial charge in [0.15, 0.2) is 5.65 Å². The molecule has 1 amide bonds. The second-order valence-corrected chi connectivity index (χ2v) is 6.48. The van der Waals surface area contributed by atoms with Gasteiger partial charge in [-0.2, -0.15) is 0 Å². The second kappa shape index (κ2) is 6.48. The Morgan fingerprint density at radius 3 is 2.89 bits per heavy atom. The number of aryl methyl sites for hydroxylation is 1. The Morgan fingerprint density at radius 1 is 1.26 bits per heavy atom. The Labute approximate surface area is 157 Å². The van der Waals surface area contributed by atoms with Crippen molar-refractivity contribution < 1.29 is 9.18 Å². The molecule has 0 saturated heterocycles. The van der Waals surface area contributed by atoms with E-state index in [1.54, 1.807) is 31.2 Å². The fraction of sp³-hybridized carbons (Fsp3) is 0.111. The molecule has 2 aromatic carbocycles. The minimum Gasteiger partial charge on any atom is -0.324 e.